The van der Waals surface area contributed by atoms with Gasteiger partial charge in [0, 0.05) is 43.9 Å². The lowest BCUT2D eigenvalue weighted by atomic mass is 9.95. The molecule has 3 aromatic heterocycles. The molecule has 0 amide bonds. The van der Waals surface area contributed by atoms with Crippen LogP contribution in [0.25, 0.3) is 99.2 Å². The maximum atomic E-state index is 6.80. The standard InChI is InChI=1S/C54H33NO3/c1-3-13-34(14-4-1)35-23-25-36(26-24-35)40-17-7-10-20-44(40)55(38-15-5-2-6-16-38)39-29-27-37(28-30-39)43-33-49-53(54-50(43)41-18-8-12-22-46(41)58-54)52-48(57-49)32-31-47-51(52)42-19-9-11-21-45(42)56-47/h1-33H. The number of benzene rings is 9. The van der Waals surface area contributed by atoms with Crippen LogP contribution in [0.5, 0.6) is 0 Å². The van der Waals surface area contributed by atoms with E-state index in [9.17, 15) is 0 Å². The molecule has 4 nitrogen and oxygen atoms in total. The zero-order chi connectivity index (χ0) is 38.2. The maximum Gasteiger partial charge on any atom is 0.147 e. The highest BCUT2D eigenvalue weighted by Gasteiger charge is 2.24. The first-order valence-corrected chi connectivity index (χ1v) is 19.6. The van der Waals surface area contributed by atoms with Gasteiger partial charge in [-0.1, -0.05) is 140 Å². The second-order valence-corrected chi connectivity index (χ2v) is 14.8. The van der Waals surface area contributed by atoms with Gasteiger partial charge in [0.1, 0.15) is 33.5 Å². The third-order valence-electron chi connectivity index (χ3n) is 11.5. The van der Waals surface area contributed by atoms with E-state index in [2.05, 4.69) is 169 Å². The smallest absolute Gasteiger partial charge is 0.147 e. The second kappa shape index (κ2) is 12.9. The van der Waals surface area contributed by atoms with Gasteiger partial charge in [0.2, 0.25) is 0 Å². The fourth-order valence-electron chi connectivity index (χ4n) is 8.85. The van der Waals surface area contributed by atoms with Crippen molar-refractivity contribution in [2.75, 3.05) is 4.90 Å². The Labute approximate surface area is 333 Å². The van der Waals surface area contributed by atoms with Gasteiger partial charge < -0.3 is 18.2 Å². The van der Waals surface area contributed by atoms with E-state index in [-0.39, 0.29) is 0 Å². The average Bonchev–Trinajstić information content (AvgIpc) is 3.99. The summed E-state index contributed by atoms with van der Waals surface area (Å²) in [6, 6.07) is 70.2. The molecule has 0 saturated carbocycles. The van der Waals surface area contributed by atoms with Crippen molar-refractivity contribution in [3.63, 3.8) is 0 Å². The van der Waals surface area contributed by atoms with Crippen molar-refractivity contribution in [3.8, 4) is 33.4 Å². The minimum absolute atomic E-state index is 0.775. The van der Waals surface area contributed by atoms with Gasteiger partial charge in [0.15, 0.2) is 0 Å². The highest BCUT2D eigenvalue weighted by molar-refractivity contribution is 6.33. The van der Waals surface area contributed by atoms with Crippen LogP contribution in [0.4, 0.5) is 17.1 Å². The number of anilines is 3. The van der Waals surface area contributed by atoms with E-state index in [4.69, 9.17) is 13.3 Å². The van der Waals surface area contributed by atoms with E-state index >= 15 is 0 Å². The summed E-state index contributed by atoms with van der Waals surface area (Å²) in [5.41, 5.74) is 15.0. The van der Waals surface area contributed by atoms with Crippen molar-refractivity contribution in [2.24, 2.45) is 0 Å². The number of rotatable bonds is 6. The molecule has 12 aromatic rings. The van der Waals surface area contributed by atoms with Gasteiger partial charge in [-0.05, 0) is 88.5 Å². The molecule has 0 radical (unpaired) electrons. The summed E-state index contributed by atoms with van der Waals surface area (Å²) >= 11 is 0. The molecule has 0 saturated heterocycles. The largest absolute Gasteiger partial charge is 0.456 e. The fourth-order valence-corrected chi connectivity index (χ4v) is 8.85. The van der Waals surface area contributed by atoms with Crippen LogP contribution in [0.1, 0.15) is 0 Å². The summed E-state index contributed by atoms with van der Waals surface area (Å²) in [5.74, 6) is 0. The number of nitrogens with zero attached hydrogens (tertiary/aromatic N) is 1. The van der Waals surface area contributed by atoms with Crippen LogP contribution in [-0.4, -0.2) is 0 Å². The first-order valence-electron chi connectivity index (χ1n) is 19.6. The quantitative estimate of drug-likeness (QED) is 0.170. The molecule has 0 unspecified atom stereocenters. The lowest BCUT2D eigenvalue weighted by Crippen LogP contribution is -2.11. The summed E-state index contributed by atoms with van der Waals surface area (Å²) in [6.45, 7) is 0. The molecule has 9 aromatic carbocycles. The van der Waals surface area contributed by atoms with Crippen molar-refractivity contribution < 1.29 is 13.3 Å². The molecule has 12 rings (SSSR count). The highest BCUT2D eigenvalue weighted by atomic mass is 16.3. The molecule has 3 heterocycles. The molecular formula is C54H33NO3. The molecule has 0 atom stereocenters. The molecule has 0 fully saturated rings. The van der Waals surface area contributed by atoms with Crippen LogP contribution in [0.3, 0.4) is 0 Å². The van der Waals surface area contributed by atoms with Gasteiger partial charge in [0.25, 0.3) is 0 Å². The van der Waals surface area contributed by atoms with Crippen molar-refractivity contribution in [1.82, 2.24) is 0 Å². The maximum absolute atomic E-state index is 6.80. The molecule has 0 bridgehead atoms. The average molecular weight is 744 g/mol. The first kappa shape index (κ1) is 32.4. The lowest BCUT2D eigenvalue weighted by Gasteiger charge is -2.28. The molecule has 0 N–H and O–H groups in total. The monoisotopic (exact) mass is 743 g/mol. The van der Waals surface area contributed by atoms with Gasteiger partial charge in [-0.2, -0.15) is 0 Å². The minimum atomic E-state index is 0.775. The molecule has 0 aliphatic rings. The number of para-hydroxylation sites is 4. The van der Waals surface area contributed by atoms with Crippen LogP contribution < -0.4 is 4.90 Å². The molecule has 0 aliphatic carbocycles. The Morgan fingerprint density at radius 1 is 0.293 bits per heavy atom. The summed E-state index contributed by atoms with van der Waals surface area (Å²) in [4.78, 5) is 2.34. The van der Waals surface area contributed by atoms with E-state index in [1.54, 1.807) is 0 Å². The zero-order valence-electron chi connectivity index (χ0n) is 31.2. The second-order valence-electron chi connectivity index (χ2n) is 14.8. The molecule has 0 spiro atoms. The summed E-state index contributed by atoms with van der Waals surface area (Å²) in [7, 11) is 0. The first-order chi connectivity index (χ1) is 28.8. The third kappa shape index (κ3) is 5.02. The van der Waals surface area contributed by atoms with Crippen LogP contribution in [0, 0.1) is 0 Å². The van der Waals surface area contributed by atoms with E-state index in [1.165, 1.54) is 11.1 Å². The summed E-state index contributed by atoms with van der Waals surface area (Å²) in [6.07, 6.45) is 0. The number of hydrogen-bond acceptors (Lipinski definition) is 4. The molecular weight excluding hydrogens is 711 g/mol. The Hall–Kier alpha value is -7.82. The van der Waals surface area contributed by atoms with Crippen molar-refractivity contribution in [3.05, 3.63) is 200 Å². The van der Waals surface area contributed by atoms with E-state index in [1.807, 2.05) is 36.4 Å². The van der Waals surface area contributed by atoms with Gasteiger partial charge in [-0.15, -0.1) is 0 Å². The topological polar surface area (TPSA) is 42.7 Å². The predicted octanol–water partition coefficient (Wildman–Crippen LogP) is 15.9. The normalized spacial score (nSPS) is 11.8. The molecule has 0 aliphatic heterocycles. The SMILES string of the molecule is c1ccc(-c2ccc(-c3ccccc3N(c3ccccc3)c3ccc(-c4cc5oc6ccc7oc8ccccc8c7c6c5c5oc6ccccc6c45)cc3)cc2)cc1. The van der Waals surface area contributed by atoms with Crippen molar-refractivity contribution >= 4 is 82.9 Å². The number of furan rings is 3. The Bertz CT molecular complexity index is 3480. The van der Waals surface area contributed by atoms with E-state index in [0.717, 1.165) is 105 Å². The minimum Gasteiger partial charge on any atom is -0.456 e. The summed E-state index contributed by atoms with van der Waals surface area (Å²) < 4.78 is 19.8. The fraction of sp³-hybridized carbons (Fsp3) is 0. The summed E-state index contributed by atoms with van der Waals surface area (Å²) in [5, 5.41) is 6.20. The number of hydrogen-bond donors (Lipinski definition) is 0. The Balaban J connectivity index is 1.02. The van der Waals surface area contributed by atoms with Crippen molar-refractivity contribution in [2.45, 2.75) is 0 Å². The van der Waals surface area contributed by atoms with Gasteiger partial charge in [-0.3, -0.25) is 0 Å². The Kier molecular flexibility index (Phi) is 7.20. The Morgan fingerprint density at radius 3 is 1.57 bits per heavy atom. The van der Waals surface area contributed by atoms with Crippen LogP contribution in [0.2, 0.25) is 0 Å². The van der Waals surface area contributed by atoms with Gasteiger partial charge in [-0.25, -0.2) is 0 Å². The third-order valence-corrected chi connectivity index (χ3v) is 11.5. The molecule has 272 valence electrons. The number of fused-ring (bicyclic) bond motifs is 11. The van der Waals surface area contributed by atoms with Crippen LogP contribution in [-0.2, 0) is 0 Å². The van der Waals surface area contributed by atoms with Crippen LogP contribution >= 0.6 is 0 Å². The Morgan fingerprint density at radius 2 is 0.810 bits per heavy atom. The van der Waals surface area contributed by atoms with Crippen molar-refractivity contribution in [1.29, 1.82) is 0 Å². The van der Waals surface area contributed by atoms with E-state index < -0.39 is 0 Å². The highest BCUT2D eigenvalue weighted by Crippen LogP contribution is 2.48. The molecule has 4 heteroatoms. The molecule has 58 heavy (non-hydrogen) atoms. The van der Waals surface area contributed by atoms with Crippen LogP contribution in [0.15, 0.2) is 213 Å². The van der Waals surface area contributed by atoms with Gasteiger partial charge >= 0.3 is 0 Å². The predicted molar refractivity (Wildman–Crippen MR) is 239 cm³/mol. The lowest BCUT2D eigenvalue weighted by molar-refractivity contribution is 0.660. The zero-order valence-corrected chi connectivity index (χ0v) is 31.2. The van der Waals surface area contributed by atoms with Gasteiger partial charge in [0.05, 0.1) is 11.1 Å². The van der Waals surface area contributed by atoms with E-state index in [0.29, 0.717) is 0 Å².